The molecule has 6 nitrogen and oxygen atoms in total. The first kappa shape index (κ1) is 60.3. The van der Waals surface area contributed by atoms with E-state index < -0.39 is 18.2 Å². The molecule has 63 heavy (non-hydrogen) atoms. The standard InChI is InChI=1S/C57H101NO5/c1-4-7-10-13-16-19-22-25-27-29-32-34-37-40-43-46-49-55(60)54(52-59)58-56(61)51-53(48-45-42-39-36-33-31-28-26-23-20-17-14-11-8-5-2)63-57(62)50-47-44-41-38-35-30-24-21-18-15-12-9-6-3/h8,11,17,20,26,28,30,33,35-36,42,45,53-55,59-60H,4-7,9-10,12-16,18-19,21-25,27,29,31-32,34,37-41,43-44,46-52H2,1-3H3,(H,58,61)/b11-8-,20-17-,28-26-,35-30-,36-33-,45-42-. The van der Waals surface area contributed by atoms with E-state index in [4.69, 9.17) is 4.74 Å². The fourth-order valence-corrected chi connectivity index (χ4v) is 7.74. The lowest BCUT2D eigenvalue weighted by Crippen LogP contribution is -2.46. The highest BCUT2D eigenvalue weighted by Gasteiger charge is 2.23. The van der Waals surface area contributed by atoms with E-state index in [9.17, 15) is 19.8 Å². The predicted molar refractivity (Wildman–Crippen MR) is 273 cm³/mol. The van der Waals surface area contributed by atoms with Gasteiger partial charge in [0, 0.05) is 12.8 Å². The van der Waals surface area contributed by atoms with Gasteiger partial charge in [0.25, 0.3) is 0 Å². The number of aliphatic hydroxyl groups excluding tert-OH is 2. The van der Waals surface area contributed by atoms with E-state index in [1.54, 1.807) is 0 Å². The number of allylic oxidation sites excluding steroid dienone is 11. The molecule has 1 amide bonds. The second kappa shape index (κ2) is 50.3. The molecule has 0 rings (SSSR count). The van der Waals surface area contributed by atoms with Crippen LogP contribution in [0, 0.1) is 0 Å². The molecule has 0 aromatic carbocycles. The van der Waals surface area contributed by atoms with Crippen LogP contribution >= 0.6 is 0 Å². The summed E-state index contributed by atoms with van der Waals surface area (Å²) in [6.07, 6.45) is 64.1. The lowest BCUT2D eigenvalue weighted by molar-refractivity contribution is -0.150. The van der Waals surface area contributed by atoms with E-state index in [1.807, 2.05) is 12.2 Å². The molecule has 0 bridgehead atoms. The van der Waals surface area contributed by atoms with Crippen LogP contribution in [0.15, 0.2) is 72.9 Å². The Morgan fingerprint density at radius 1 is 0.492 bits per heavy atom. The van der Waals surface area contributed by atoms with Crippen molar-refractivity contribution in [2.45, 2.75) is 270 Å². The molecule has 3 unspecified atom stereocenters. The van der Waals surface area contributed by atoms with Gasteiger partial charge in [-0.3, -0.25) is 9.59 Å². The van der Waals surface area contributed by atoms with Crippen molar-refractivity contribution in [1.29, 1.82) is 0 Å². The van der Waals surface area contributed by atoms with Gasteiger partial charge in [-0.15, -0.1) is 0 Å². The van der Waals surface area contributed by atoms with Crippen molar-refractivity contribution in [1.82, 2.24) is 5.32 Å². The van der Waals surface area contributed by atoms with E-state index in [0.29, 0.717) is 19.3 Å². The van der Waals surface area contributed by atoms with Gasteiger partial charge in [-0.05, 0) is 70.6 Å². The summed E-state index contributed by atoms with van der Waals surface area (Å²) in [4.78, 5) is 26.1. The van der Waals surface area contributed by atoms with Gasteiger partial charge in [-0.25, -0.2) is 0 Å². The van der Waals surface area contributed by atoms with E-state index in [2.05, 4.69) is 86.8 Å². The number of nitrogens with one attached hydrogen (secondary N) is 1. The third-order valence-corrected chi connectivity index (χ3v) is 11.8. The molecule has 0 saturated carbocycles. The summed E-state index contributed by atoms with van der Waals surface area (Å²) in [5.41, 5.74) is 0. The minimum atomic E-state index is -0.817. The smallest absolute Gasteiger partial charge is 0.306 e. The van der Waals surface area contributed by atoms with Crippen molar-refractivity contribution in [2.75, 3.05) is 6.61 Å². The third-order valence-electron chi connectivity index (χ3n) is 11.8. The summed E-state index contributed by atoms with van der Waals surface area (Å²) < 4.78 is 5.86. The Kier molecular flexibility index (Phi) is 48.1. The van der Waals surface area contributed by atoms with E-state index in [-0.39, 0.29) is 24.9 Å². The number of hydrogen-bond donors (Lipinski definition) is 3. The maximum Gasteiger partial charge on any atom is 0.306 e. The molecule has 364 valence electrons. The molecule has 0 spiro atoms. The highest BCUT2D eigenvalue weighted by molar-refractivity contribution is 5.77. The summed E-state index contributed by atoms with van der Waals surface area (Å²) >= 11 is 0. The van der Waals surface area contributed by atoms with Crippen LogP contribution in [0.3, 0.4) is 0 Å². The molecule has 0 aliphatic carbocycles. The molecule has 0 aromatic heterocycles. The maximum atomic E-state index is 13.2. The number of hydrogen-bond acceptors (Lipinski definition) is 5. The zero-order chi connectivity index (χ0) is 45.9. The van der Waals surface area contributed by atoms with Crippen LogP contribution in [0.4, 0.5) is 0 Å². The molecule has 0 radical (unpaired) electrons. The molecule has 3 N–H and O–H groups in total. The molecule has 6 heteroatoms. The first-order chi connectivity index (χ1) is 31.0. The second-order valence-corrected chi connectivity index (χ2v) is 17.9. The first-order valence-corrected chi connectivity index (χ1v) is 26.7. The number of aliphatic hydroxyl groups is 2. The lowest BCUT2D eigenvalue weighted by atomic mass is 10.0. The fourth-order valence-electron chi connectivity index (χ4n) is 7.74. The summed E-state index contributed by atoms with van der Waals surface area (Å²) in [6.45, 7) is 6.34. The van der Waals surface area contributed by atoms with E-state index in [0.717, 1.165) is 83.5 Å². The average Bonchev–Trinajstić information content (AvgIpc) is 3.28. The Hall–Kier alpha value is -2.70. The van der Waals surface area contributed by atoms with Gasteiger partial charge >= 0.3 is 5.97 Å². The van der Waals surface area contributed by atoms with Crippen molar-refractivity contribution in [3.8, 4) is 0 Å². The van der Waals surface area contributed by atoms with Crippen LogP contribution in [-0.2, 0) is 14.3 Å². The zero-order valence-electron chi connectivity index (χ0n) is 41.4. The Morgan fingerprint density at radius 3 is 1.33 bits per heavy atom. The fraction of sp³-hybridized carbons (Fsp3) is 0.754. The van der Waals surface area contributed by atoms with Crippen LogP contribution in [0.1, 0.15) is 252 Å². The number of rotatable bonds is 47. The van der Waals surface area contributed by atoms with Crippen LogP contribution in [0.2, 0.25) is 0 Å². The molecule has 0 aromatic rings. The van der Waals surface area contributed by atoms with Gasteiger partial charge in [-0.2, -0.15) is 0 Å². The molecule has 0 aliphatic rings. The molecule has 0 fully saturated rings. The van der Waals surface area contributed by atoms with Crippen LogP contribution < -0.4 is 5.32 Å². The number of unbranched alkanes of at least 4 members (excludes halogenated alkanes) is 24. The Balaban J connectivity index is 4.69. The quantitative estimate of drug-likeness (QED) is 0.0321. The number of carbonyl (C=O) groups excluding carboxylic acids is 2. The van der Waals surface area contributed by atoms with Gasteiger partial charge in [0.15, 0.2) is 0 Å². The SMILES string of the molecule is CC/C=C\C/C=C\C/C=C\C/C=C\C/C=C\CC(CC(=O)NC(CO)C(O)CCCCCCCCCCCCCCCCCC)OC(=O)CCCCC/C=C\CCCCCCCC. The van der Waals surface area contributed by atoms with E-state index in [1.165, 1.54) is 122 Å². The molecule has 0 aliphatic heterocycles. The van der Waals surface area contributed by atoms with Gasteiger partial charge in [0.2, 0.25) is 5.91 Å². The predicted octanol–water partition coefficient (Wildman–Crippen LogP) is 16.2. The minimum absolute atomic E-state index is 0.00822. The normalized spacial score (nSPS) is 13.8. The van der Waals surface area contributed by atoms with Crippen molar-refractivity contribution in [3.63, 3.8) is 0 Å². The second-order valence-electron chi connectivity index (χ2n) is 17.9. The van der Waals surface area contributed by atoms with Crippen molar-refractivity contribution >= 4 is 11.9 Å². The summed E-state index contributed by atoms with van der Waals surface area (Å²) in [5, 5.41) is 23.8. The van der Waals surface area contributed by atoms with Gasteiger partial charge < -0.3 is 20.3 Å². The number of esters is 1. The highest BCUT2D eigenvalue weighted by Crippen LogP contribution is 2.16. The minimum Gasteiger partial charge on any atom is -0.461 e. The largest absolute Gasteiger partial charge is 0.461 e. The van der Waals surface area contributed by atoms with Gasteiger partial charge in [-0.1, -0.05) is 235 Å². The lowest BCUT2D eigenvalue weighted by Gasteiger charge is -2.24. The Bertz CT molecular complexity index is 1170. The number of ether oxygens (including phenoxy) is 1. The molecule has 0 saturated heterocycles. The van der Waals surface area contributed by atoms with Gasteiger partial charge in [0.1, 0.15) is 6.10 Å². The number of amides is 1. The van der Waals surface area contributed by atoms with Crippen LogP contribution in [0.5, 0.6) is 0 Å². The Morgan fingerprint density at radius 2 is 0.889 bits per heavy atom. The maximum absolute atomic E-state index is 13.2. The first-order valence-electron chi connectivity index (χ1n) is 26.7. The summed E-state index contributed by atoms with van der Waals surface area (Å²) in [7, 11) is 0. The topological polar surface area (TPSA) is 95.9 Å². The molecular weight excluding hydrogens is 779 g/mol. The summed E-state index contributed by atoms with van der Waals surface area (Å²) in [5.74, 6) is -0.598. The monoisotopic (exact) mass is 880 g/mol. The molecular formula is C57H101NO5. The van der Waals surface area contributed by atoms with Crippen molar-refractivity contribution in [2.24, 2.45) is 0 Å². The molecule has 0 heterocycles. The van der Waals surface area contributed by atoms with Crippen LogP contribution in [-0.4, -0.2) is 46.9 Å². The third kappa shape index (κ3) is 45.7. The Labute approximate surface area is 390 Å². The highest BCUT2D eigenvalue weighted by atomic mass is 16.5. The van der Waals surface area contributed by atoms with Crippen LogP contribution in [0.25, 0.3) is 0 Å². The van der Waals surface area contributed by atoms with Crippen molar-refractivity contribution in [3.05, 3.63) is 72.9 Å². The zero-order valence-corrected chi connectivity index (χ0v) is 41.4. The number of carbonyl (C=O) groups is 2. The molecule has 3 atom stereocenters. The van der Waals surface area contributed by atoms with Gasteiger partial charge in [0.05, 0.1) is 25.2 Å². The summed E-state index contributed by atoms with van der Waals surface area (Å²) in [6, 6.07) is -0.737. The van der Waals surface area contributed by atoms with E-state index >= 15 is 0 Å². The average molecular weight is 880 g/mol. The van der Waals surface area contributed by atoms with Crippen molar-refractivity contribution < 1.29 is 24.5 Å².